The number of nitrogens with one attached hydrogen (secondary N) is 3. The number of hydrogen-bond donors (Lipinski definition) is 6. The van der Waals surface area contributed by atoms with Gasteiger partial charge in [-0.25, -0.2) is 4.79 Å². The number of aliphatic imine (C=N–C) groups is 1. The van der Waals surface area contributed by atoms with Crippen molar-refractivity contribution in [1.82, 2.24) is 15.5 Å². The maximum absolute atomic E-state index is 13.3. The van der Waals surface area contributed by atoms with E-state index in [0.717, 1.165) is 5.56 Å². The molecule has 41 heavy (non-hydrogen) atoms. The van der Waals surface area contributed by atoms with E-state index in [1.165, 1.54) is 23.1 Å². The van der Waals surface area contributed by atoms with Gasteiger partial charge in [0, 0.05) is 18.1 Å². The zero-order valence-corrected chi connectivity index (χ0v) is 23.1. The van der Waals surface area contributed by atoms with Gasteiger partial charge < -0.3 is 42.2 Å². The largest absolute Gasteiger partial charge is 0.506 e. The highest BCUT2D eigenvalue weighted by Gasteiger charge is 2.36. The first-order valence-corrected chi connectivity index (χ1v) is 13.4. The van der Waals surface area contributed by atoms with Gasteiger partial charge in [-0.1, -0.05) is 41.9 Å². The summed E-state index contributed by atoms with van der Waals surface area (Å²) in [5.74, 6) is -1.89. The van der Waals surface area contributed by atoms with Crippen LogP contribution in [0.2, 0.25) is 5.02 Å². The van der Waals surface area contributed by atoms with Crippen molar-refractivity contribution < 1.29 is 29.0 Å². The van der Waals surface area contributed by atoms with E-state index in [-0.39, 0.29) is 43.5 Å². The first-order chi connectivity index (χ1) is 19.6. The number of anilines is 1. The fourth-order valence-corrected chi connectivity index (χ4v) is 4.40. The Morgan fingerprint density at radius 3 is 2.63 bits per heavy atom. The molecular weight excluding hydrogens is 554 g/mol. The summed E-state index contributed by atoms with van der Waals surface area (Å²) in [4.78, 5) is 56.5. The molecule has 1 fully saturated rings. The number of hydrogen-bond acceptors (Lipinski definition) is 7. The summed E-state index contributed by atoms with van der Waals surface area (Å²) in [7, 11) is 0. The Morgan fingerprint density at radius 2 is 1.90 bits per heavy atom. The Hall–Kier alpha value is -4.52. The molecule has 14 heteroatoms. The van der Waals surface area contributed by atoms with Gasteiger partial charge in [-0.05, 0) is 49.4 Å². The minimum Gasteiger partial charge on any atom is -0.506 e. The third-order valence-electron chi connectivity index (χ3n) is 6.27. The highest BCUT2D eigenvalue weighted by Crippen LogP contribution is 2.27. The molecular formula is C27H34ClN7O6. The number of nitrogens with zero attached hydrogens (tertiary/aromatic N) is 2. The lowest BCUT2D eigenvalue weighted by molar-refractivity contribution is -0.138. The van der Waals surface area contributed by atoms with Crippen LogP contribution in [-0.2, 0) is 25.7 Å². The van der Waals surface area contributed by atoms with E-state index in [2.05, 4.69) is 20.9 Å². The summed E-state index contributed by atoms with van der Waals surface area (Å²) in [6, 6.07) is 11.4. The van der Waals surface area contributed by atoms with Crippen LogP contribution in [-0.4, -0.2) is 71.5 Å². The molecule has 0 bridgehead atoms. The van der Waals surface area contributed by atoms with E-state index in [4.69, 9.17) is 27.8 Å². The van der Waals surface area contributed by atoms with Gasteiger partial charge in [0.05, 0.1) is 5.69 Å². The summed E-state index contributed by atoms with van der Waals surface area (Å²) < 4.78 is 5.13. The third kappa shape index (κ3) is 9.87. The molecule has 2 aromatic carbocycles. The minimum atomic E-state index is -1.03. The van der Waals surface area contributed by atoms with Gasteiger partial charge in [-0.15, -0.1) is 0 Å². The van der Waals surface area contributed by atoms with Crippen LogP contribution in [0.1, 0.15) is 31.2 Å². The molecule has 0 unspecified atom stereocenters. The monoisotopic (exact) mass is 587 g/mol. The van der Waals surface area contributed by atoms with Crippen LogP contribution >= 0.6 is 11.6 Å². The second-order valence-electron chi connectivity index (χ2n) is 9.32. The van der Waals surface area contributed by atoms with Gasteiger partial charge in [-0.3, -0.25) is 19.4 Å². The van der Waals surface area contributed by atoms with Gasteiger partial charge in [0.2, 0.25) is 17.7 Å². The van der Waals surface area contributed by atoms with E-state index in [9.17, 15) is 24.3 Å². The number of halogens is 1. The van der Waals surface area contributed by atoms with Crippen molar-refractivity contribution in [3.05, 3.63) is 59.1 Å². The minimum absolute atomic E-state index is 0.0508. The number of benzene rings is 2. The number of phenolic OH excluding ortho intramolecular Hbond substituents is 1. The number of aromatic hydroxyl groups is 1. The molecule has 1 heterocycles. The van der Waals surface area contributed by atoms with Crippen molar-refractivity contribution in [2.24, 2.45) is 16.5 Å². The first kappa shape index (κ1) is 31.0. The van der Waals surface area contributed by atoms with E-state index in [1.54, 1.807) is 12.1 Å². The van der Waals surface area contributed by atoms with E-state index in [1.807, 2.05) is 18.2 Å². The molecule has 4 amide bonds. The number of carbonyl (C=O) groups is 4. The van der Waals surface area contributed by atoms with Gasteiger partial charge in [0.25, 0.3) is 0 Å². The number of rotatable bonds is 12. The molecule has 13 nitrogen and oxygen atoms in total. The average molecular weight is 588 g/mol. The molecule has 1 aliphatic rings. The quantitative estimate of drug-likeness (QED) is 0.0926. The Balaban J connectivity index is 1.59. The van der Waals surface area contributed by atoms with Crippen molar-refractivity contribution in [2.45, 2.75) is 44.4 Å². The molecule has 0 aliphatic carbocycles. The molecule has 0 spiro atoms. The molecule has 220 valence electrons. The Labute approximate surface area is 242 Å². The molecule has 1 saturated heterocycles. The standard InChI is InChI=1S/C27H34ClN7O6/c28-18-10-11-22(36)20(14-18)34-24(38)19(8-4-12-31-26(29)30)33-25(39)21-9-5-13-35(21)23(37)15-32-27(40)41-16-17-6-2-1-3-7-17/h1-3,6-7,10-11,14,19,21,36H,4-5,8-9,12-13,15-16H2,(H,32,40)(H,33,39)(H,34,38)(H4,29,30,31)/t19-,21-/m0/s1. The van der Waals surface area contributed by atoms with Crippen LogP contribution in [0, 0.1) is 0 Å². The predicted molar refractivity (Wildman–Crippen MR) is 153 cm³/mol. The van der Waals surface area contributed by atoms with Gasteiger partial charge >= 0.3 is 6.09 Å². The van der Waals surface area contributed by atoms with Gasteiger partial charge in [-0.2, -0.15) is 0 Å². The second kappa shape index (κ2) is 15.3. The van der Waals surface area contributed by atoms with Crippen LogP contribution in [0.15, 0.2) is 53.5 Å². The molecule has 3 rings (SSSR count). The maximum atomic E-state index is 13.3. The third-order valence-corrected chi connectivity index (χ3v) is 6.50. The highest BCUT2D eigenvalue weighted by atomic mass is 35.5. The molecule has 2 aromatic rings. The Kier molecular flexibility index (Phi) is 11.6. The lowest BCUT2D eigenvalue weighted by Gasteiger charge is -2.26. The number of alkyl carbamates (subject to hydrolysis) is 1. The fourth-order valence-electron chi connectivity index (χ4n) is 4.23. The van der Waals surface area contributed by atoms with Crippen LogP contribution < -0.4 is 27.4 Å². The summed E-state index contributed by atoms with van der Waals surface area (Å²) in [5.41, 5.74) is 11.6. The van der Waals surface area contributed by atoms with Crippen molar-refractivity contribution in [3.8, 4) is 5.75 Å². The molecule has 0 aromatic heterocycles. The topological polar surface area (TPSA) is 201 Å². The Bertz CT molecular complexity index is 1260. The zero-order valence-electron chi connectivity index (χ0n) is 22.3. The van der Waals surface area contributed by atoms with E-state index < -0.39 is 35.9 Å². The summed E-state index contributed by atoms with van der Waals surface area (Å²) in [6.45, 7) is 0.239. The van der Waals surface area contributed by atoms with E-state index >= 15 is 0 Å². The smallest absolute Gasteiger partial charge is 0.407 e. The highest BCUT2D eigenvalue weighted by molar-refractivity contribution is 6.31. The van der Waals surface area contributed by atoms with Crippen molar-refractivity contribution in [2.75, 3.05) is 25.0 Å². The van der Waals surface area contributed by atoms with Crippen LogP contribution in [0.3, 0.4) is 0 Å². The zero-order chi connectivity index (χ0) is 29.8. The fraction of sp³-hybridized carbons (Fsp3) is 0.370. The first-order valence-electron chi connectivity index (χ1n) is 13.0. The predicted octanol–water partition coefficient (Wildman–Crippen LogP) is 1.44. The summed E-state index contributed by atoms with van der Waals surface area (Å²) in [6.07, 6.45) is 0.725. The van der Waals surface area contributed by atoms with Crippen molar-refractivity contribution in [3.63, 3.8) is 0 Å². The maximum Gasteiger partial charge on any atom is 0.407 e. The number of nitrogens with two attached hydrogens (primary N) is 2. The number of likely N-dealkylation sites (tertiary alicyclic amines) is 1. The molecule has 2 atom stereocenters. The molecule has 8 N–H and O–H groups in total. The van der Waals surface area contributed by atoms with Crippen LogP contribution in [0.25, 0.3) is 0 Å². The second-order valence-corrected chi connectivity index (χ2v) is 9.76. The molecule has 0 radical (unpaired) electrons. The van der Waals surface area contributed by atoms with Crippen LogP contribution in [0.5, 0.6) is 5.75 Å². The van der Waals surface area contributed by atoms with Crippen molar-refractivity contribution >= 4 is 47.1 Å². The number of amides is 4. The normalized spacial score (nSPS) is 15.0. The Morgan fingerprint density at radius 1 is 1.15 bits per heavy atom. The molecule has 0 saturated carbocycles. The average Bonchev–Trinajstić information content (AvgIpc) is 3.45. The number of guanidine groups is 1. The van der Waals surface area contributed by atoms with Gasteiger partial charge in [0.15, 0.2) is 5.96 Å². The number of ether oxygens (including phenoxy) is 1. The summed E-state index contributed by atoms with van der Waals surface area (Å²) >= 11 is 5.98. The lowest BCUT2D eigenvalue weighted by Crippen LogP contribution is -2.53. The number of carbonyl (C=O) groups excluding carboxylic acids is 4. The van der Waals surface area contributed by atoms with Crippen molar-refractivity contribution in [1.29, 1.82) is 0 Å². The SMILES string of the molecule is NC(N)=NCCC[C@H](NC(=O)[C@@H]1CCCN1C(=O)CNC(=O)OCc1ccccc1)C(=O)Nc1cc(Cl)ccc1O. The molecule has 1 aliphatic heterocycles. The summed E-state index contributed by atoms with van der Waals surface area (Å²) in [5, 5.41) is 18.1. The van der Waals surface area contributed by atoms with E-state index in [0.29, 0.717) is 30.8 Å². The number of phenols is 1. The lowest BCUT2D eigenvalue weighted by atomic mass is 10.1. The van der Waals surface area contributed by atoms with Crippen LogP contribution in [0.4, 0.5) is 10.5 Å². The van der Waals surface area contributed by atoms with Gasteiger partial charge in [0.1, 0.15) is 31.0 Å².